The maximum absolute atomic E-state index is 13.0. The summed E-state index contributed by atoms with van der Waals surface area (Å²) in [5.74, 6) is -1.16. The third kappa shape index (κ3) is 5.97. The van der Waals surface area contributed by atoms with Crippen molar-refractivity contribution in [1.82, 2.24) is 15.5 Å². The molecule has 210 valence electrons. The predicted molar refractivity (Wildman–Crippen MR) is 138 cm³/mol. The molecule has 7 nitrogen and oxygen atoms in total. The molecule has 1 aliphatic carbocycles. The Kier molecular flexibility index (Phi) is 7.72. The minimum atomic E-state index is -4.56. The molecular formula is C29H34F3N3O4. The molecule has 2 atom stereocenters. The summed E-state index contributed by atoms with van der Waals surface area (Å²) in [5, 5.41) is 16.7. The lowest BCUT2D eigenvalue weighted by atomic mass is 9.77. The Labute approximate surface area is 225 Å². The number of rotatable bonds is 6. The molecule has 0 bridgehead atoms. The van der Waals surface area contributed by atoms with E-state index in [1.165, 1.54) is 6.07 Å². The van der Waals surface area contributed by atoms with Gasteiger partial charge in [0.2, 0.25) is 5.91 Å². The van der Waals surface area contributed by atoms with Crippen molar-refractivity contribution in [2.75, 3.05) is 26.2 Å². The van der Waals surface area contributed by atoms with Crippen molar-refractivity contribution >= 4 is 11.8 Å². The zero-order chi connectivity index (χ0) is 27.7. The highest BCUT2D eigenvalue weighted by atomic mass is 19.4. The SMILES string of the molecule is O=C(CNC(=O)c1cccc(C(F)(F)F)c1)N[C@H]1CN(C2CCC(O)(c3ccccc3)CC2)C[C@@]12CCCO2. The summed E-state index contributed by atoms with van der Waals surface area (Å²) in [5.41, 5.74) is -1.47. The van der Waals surface area contributed by atoms with Crippen molar-refractivity contribution in [3.05, 3.63) is 71.3 Å². The van der Waals surface area contributed by atoms with Crippen LogP contribution in [-0.2, 0) is 21.3 Å². The van der Waals surface area contributed by atoms with Crippen LogP contribution in [0, 0.1) is 0 Å². The quantitative estimate of drug-likeness (QED) is 0.516. The van der Waals surface area contributed by atoms with E-state index in [1.807, 2.05) is 30.3 Å². The molecule has 0 aromatic heterocycles. The first kappa shape index (κ1) is 27.6. The maximum Gasteiger partial charge on any atom is 0.416 e. The molecule has 2 heterocycles. The number of carbonyl (C=O) groups is 2. The summed E-state index contributed by atoms with van der Waals surface area (Å²) in [4.78, 5) is 27.6. The Bertz CT molecular complexity index is 1180. The fourth-order valence-corrected chi connectivity index (χ4v) is 6.32. The lowest BCUT2D eigenvalue weighted by molar-refractivity contribution is -0.137. The van der Waals surface area contributed by atoms with Crippen molar-refractivity contribution in [3.8, 4) is 0 Å². The van der Waals surface area contributed by atoms with Crippen LogP contribution in [0.1, 0.15) is 60.0 Å². The number of nitrogens with one attached hydrogen (secondary N) is 2. The number of amides is 2. The summed E-state index contributed by atoms with van der Waals surface area (Å²) in [6.45, 7) is 1.55. The lowest BCUT2D eigenvalue weighted by Gasteiger charge is -2.40. The van der Waals surface area contributed by atoms with Crippen LogP contribution in [-0.4, -0.2) is 65.7 Å². The van der Waals surface area contributed by atoms with Gasteiger partial charge in [-0.15, -0.1) is 0 Å². The molecule has 5 rings (SSSR count). The van der Waals surface area contributed by atoms with Gasteiger partial charge >= 0.3 is 6.18 Å². The predicted octanol–water partition coefficient (Wildman–Crippen LogP) is 3.62. The topological polar surface area (TPSA) is 90.9 Å². The van der Waals surface area contributed by atoms with Crippen LogP contribution in [0.2, 0.25) is 0 Å². The Hall–Kier alpha value is -2.95. The number of ether oxygens (including phenoxy) is 1. The molecule has 3 N–H and O–H groups in total. The highest BCUT2D eigenvalue weighted by molar-refractivity contribution is 5.96. The van der Waals surface area contributed by atoms with Crippen LogP contribution < -0.4 is 10.6 Å². The first-order valence-electron chi connectivity index (χ1n) is 13.5. The van der Waals surface area contributed by atoms with Gasteiger partial charge in [0.1, 0.15) is 5.60 Å². The van der Waals surface area contributed by atoms with Gasteiger partial charge in [-0.05, 0) is 62.3 Å². The van der Waals surface area contributed by atoms with Crippen LogP contribution in [0.5, 0.6) is 0 Å². The van der Waals surface area contributed by atoms with E-state index in [4.69, 9.17) is 4.74 Å². The molecule has 2 aromatic carbocycles. The second-order valence-electron chi connectivity index (χ2n) is 11.0. The highest BCUT2D eigenvalue weighted by Crippen LogP contribution is 2.42. The normalized spacial score (nSPS) is 29.4. The van der Waals surface area contributed by atoms with Crippen molar-refractivity contribution < 1.29 is 32.6 Å². The van der Waals surface area contributed by atoms with E-state index in [9.17, 15) is 27.9 Å². The van der Waals surface area contributed by atoms with Gasteiger partial charge in [0, 0.05) is 31.3 Å². The fraction of sp³-hybridized carbons (Fsp3) is 0.517. The lowest BCUT2D eigenvalue weighted by Crippen LogP contribution is -2.53. The van der Waals surface area contributed by atoms with E-state index >= 15 is 0 Å². The molecule has 39 heavy (non-hydrogen) atoms. The average molecular weight is 546 g/mol. The molecule has 10 heteroatoms. The van der Waals surface area contributed by atoms with E-state index in [-0.39, 0.29) is 24.2 Å². The largest absolute Gasteiger partial charge is 0.416 e. The molecule has 0 radical (unpaired) electrons. The fourth-order valence-electron chi connectivity index (χ4n) is 6.32. The molecule has 0 unspecified atom stereocenters. The van der Waals surface area contributed by atoms with Gasteiger partial charge < -0.3 is 20.5 Å². The van der Waals surface area contributed by atoms with E-state index in [1.54, 1.807) is 0 Å². The Balaban J connectivity index is 1.17. The third-order valence-electron chi connectivity index (χ3n) is 8.46. The monoisotopic (exact) mass is 545 g/mol. The van der Waals surface area contributed by atoms with Crippen molar-refractivity contribution in [2.45, 2.75) is 68.0 Å². The molecule has 3 aliphatic rings. The van der Waals surface area contributed by atoms with Gasteiger partial charge in [-0.25, -0.2) is 0 Å². The van der Waals surface area contributed by atoms with E-state index < -0.39 is 34.8 Å². The van der Waals surface area contributed by atoms with Crippen LogP contribution in [0.3, 0.4) is 0 Å². The molecule has 2 saturated heterocycles. The van der Waals surface area contributed by atoms with E-state index in [2.05, 4.69) is 15.5 Å². The summed E-state index contributed by atoms with van der Waals surface area (Å²) in [6.07, 6.45) is 0.117. The standard InChI is InChI=1S/C29H34F3N3O4/c30-29(31,32)22-9-4-6-20(16-22)26(37)33-17-25(36)34-24-18-35(19-28(24)12-5-15-39-28)23-10-13-27(38,14-11-23)21-7-2-1-3-8-21/h1-4,6-9,16,23-24,38H,5,10-15,17-19H2,(H,33,37)(H,34,36)/t23?,24-,27?,28-/m0/s1. The zero-order valence-electron chi connectivity index (χ0n) is 21.7. The molecular weight excluding hydrogens is 511 g/mol. The van der Waals surface area contributed by atoms with Crippen LogP contribution in [0.4, 0.5) is 13.2 Å². The Morgan fingerprint density at radius 1 is 1.05 bits per heavy atom. The van der Waals surface area contributed by atoms with Gasteiger partial charge in [0.25, 0.3) is 5.91 Å². The minimum Gasteiger partial charge on any atom is -0.385 e. The number of aliphatic hydroxyl groups is 1. The smallest absolute Gasteiger partial charge is 0.385 e. The summed E-state index contributed by atoms with van der Waals surface area (Å²) in [7, 11) is 0. The van der Waals surface area contributed by atoms with Crippen molar-refractivity contribution in [1.29, 1.82) is 0 Å². The van der Waals surface area contributed by atoms with Crippen molar-refractivity contribution in [2.24, 2.45) is 0 Å². The van der Waals surface area contributed by atoms with Gasteiger partial charge in [-0.3, -0.25) is 14.5 Å². The maximum atomic E-state index is 13.0. The number of benzene rings is 2. The number of carbonyl (C=O) groups excluding carboxylic acids is 2. The molecule has 2 aromatic rings. The average Bonchev–Trinajstić information content (AvgIpc) is 3.55. The zero-order valence-corrected chi connectivity index (χ0v) is 21.7. The Morgan fingerprint density at radius 2 is 1.79 bits per heavy atom. The molecule has 2 aliphatic heterocycles. The number of hydrogen-bond acceptors (Lipinski definition) is 5. The first-order chi connectivity index (χ1) is 18.6. The first-order valence-corrected chi connectivity index (χ1v) is 13.5. The van der Waals surface area contributed by atoms with Crippen LogP contribution >= 0.6 is 0 Å². The minimum absolute atomic E-state index is 0.159. The van der Waals surface area contributed by atoms with Gasteiger partial charge in [0.15, 0.2) is 0 Å². The Morgan fingerprint density at radius 3 is 2.46 bits per heavy atom. The molecule has 2 amide bonds. The number of likely N-dealkylation sites (tertiary alicyclic amines) is 1. The second kappa shape index (κ2) is 10.9. The van der Waals surface area contributed by atoms with Gasteiger partial charge in [-0.2, -0.15) is 13.2 Å². The molecule has 3 fully saturated rings. The number of halogens is 3. The second-order valence-corrected chi connectivity index (χ2v) is 11.0. The number of hydrogen-bond donors (Lipinski definition) is 3. The molecule has 1 saturated carbocycles. The van der Waals surface area contributed by atoms with Crippen LogP contribution in [0.15, 0.2) is 54.6 Å². The molecule has 1 spiro atoms. The third-order valence-corrected chi connectivity index (χ3v) is 8.46. The van der Waals surface area contributed by atoms with Gasteiger partial charge in [-0.1, -0.05) is 36.4 Å². The summed E-state index contributed by atoms with van der Waals surface area (Å²) in [6, 6.07) is 13.9. The summed E-state index contributed by atoms with van der Waals surface area (Å²) < 4.78 is 45.1. The van der Waals surface area contributed by atoms with E-state index in [0.717, 1.165) is 49.4 Å². The number of alkyl halides is 3. The van der Waals surface area contributed by atoms with E-state index in [0.29, 0.717) is 32.5 Å². The highest BCUT2D eigenvalue weighted by Gasteiger charge is 2.52. The summed E-state index contributed by atoms with van der Waals surface area (Å²) >= 11 is 0. The van der Waals surface area contributed by atoms with Crippen LogP contribution in [0.25, 0.3) is 0 Å². The number of nitrogens with zero attached hydrogens (tertiary/aromatic N) is 1. The van der Waals surface area contributed by atoms with Gasteiger partial charge in [0.05, 0.1) is 23.8 Å². The van der Waals surface area contributed by atoms with Crippen molar-refractivity contribution in [3.63, 3.8) is 0 Å².